The molecule has 2 rings (SSSR count). The highest BCUT2D eigenvalue weighted by molar-refractivity contribution is 5.29. The first-order chi connectivity index (χ1) is 6.37. The Balaban J connectivity index is 2.36. The molecule has 2 heteroatoms. The molecule has 2 nitrogen and oxygen atoms in total. The van der Waals surface area contributed by atoms with E-state index in [1.165, 1.54) is 0 Å². The molecule has 0 saturated heterocycles. The Morgan fingerprint density at radius 1 is 1.46 bits per heavy atom. The Kier molecular flexibility index (Phi) is 2.07. The summed E-state index contributed by atoms with van der Waals surface area (Å²) >= 11 is 0. The lowest BCUT2D eigenvalue weighted by Crippen LogP contribution is -2.27. The summed E-state index contributed by atoms with van der Waals surface area (Å²) in [5.41, 5.74) is -0.335. The smallest absolute Gasteiger partial charge is 0.116 e. The van der Waals surface area contributed by atoms with Crippen molar-refractivity contribution in [1.82, 2.24) is 0 Å². The largest absolute Gasteiger partial charge is 0.468 e. The fraction of sp³-hybridized carbons (Fsp3) is 0.273. The van der Waals surface area contributed by atoms with Crippen LogP contribution < -0.4 is 0 Å². The van der Waals surface area contributed by atoms with E-state index in [1.54, 1.807) is 6.26 Å². The maximum atomic E-state index is 9.37. The van der Waals surface area contributed by atoms with Gasteiger partial charge in [-0.25, -0.2) is 0 Å². The summed E-state index contributed by atoms with van der Waals surface area (Å²) in [7, 11) is 0. The summed E-state index contributed by atoms with van der Waals surface area (Å²) in [6, 6.07) is 3.75. The van der Waals surface area contributed by atoms with Gasteiger partial charge in [0.15, 0.2) is 0 Å². The molecular formula is C11H12O2. The van der Waals surface area contributed by atoms with Gasteiger partial charge in [0.05, 0.1) is 18.3 Å². The number of furan rings is 1. The lowest BCUT2D eigenvalue weighted by molar-refractivity contribution is 0.204. The second-order valence-electron chi connectivity index (χ2n) is 3.28. The number of hydrogen-bond acceptors (Lipinski definition) is 2. The van der Waals surface area contributed by atoms with Crippen molar-refractivity contribution in [2.24, 2.45) is 0 Å². The van der Waals surface area contributed by atoms with Crippen LogP contribution in [0.15, 0.2) is 47.1 Å². The van der Waals surface area contributed by atoms with Gasteiger partial charge in [0.1, 0.15) is 5.76 Å². The van der Waals surface area contributed by atoms with Crippen LogP contribution in [-0.2, 0) is 5.41 Å². The molecule has 1 unspecified atom stereocenters. The van der Waals surface area contributed by atoms with Crippen molar-refractivity contribution < 1.29 is 9.52 Å². The molecule has 1 aromatic rings. The lowest BCUT2D eigenvalue weighted by atomic mass is 9.80. The molecule has 13 heavy (non-hydrogen) atoms. The van der Waals surface area contributed by atoms with Gasteiger partial charge in [0, 0.05) is 0 Å². The quantitative estimate of drug-likeness (QED) is 0.747. The first-order valence-electron chi connectivity index (χ1n) is 4.37. The van der Waals surface area contributed by atoms with Crippen molar-refractivity contribution >= 4 is 0 Å². The molecule has 0 radical (unpaired) electrons. The van der Waals surface area contributed by atoms with E-state index in [0.717, 1.165) is 12.2 Å². The van der Waals surface area contributed by atoms with E-state index in [2.05, 4.69) is 0 Å². The first-order valence-corrected chi connectivity index (χ1v) is 4.37. The van der Waals surface area contributed by atoms with Crippen molar-refractivity contribution in [2.45, 2.75) is 11.8 Å². The van der Waals surface area contributed by atoms with Crippen LogP contribution in [0.4, 0.5) is 0 Å². The van der Waals surface area contributed by atoms with Gasteiger partial charge in [-0.1, -0.05) is 24.3 Å². The van der Waals surface area contributed by atoms with Crippen molar-refractivity contribution in [3.8, 4) is 0 Å². The molecular weight excluding hydrogens is 164 g/mol. The molecule has 0 bridgehead atoms. The van der Waals surface area contributed by atoms with E-state index in [1.807, 2.05) is 36.4 Å². The molecule has 0 amide bonds. The average Bonchev–Trinajstić information content (AvgIpc) is 2.72. The van der Waals surface area contributed by atoms with E-state index in [9.17, 15) is 5.11 Å². The second-order valence-corrected chi connectivity index (χ2v) is 3.28. The van der Waals surface area contributed by atoms with Crippen molar-refractivity contribution in [1.29, 1.82) is 0 Å². The highest BCUT2D eigenvalue weighted by atomic mass is 16.3. The van der Waals surface area contributed by atoms with Crippen LogP contribution in [0.1, 0.15) is 12.2 Å². The van der Waals surface area contributed by atoms with E-state index >= 15 is 0 Å². The Morgan fingerprint density at radius 2 is 2.38 bits per heavy atom. The number of hydrogen-bond donors (Lipinski definition) is 1. The van der Waals surface area contributed by atoms with Gasteiger partial charge < -0.3 is 9.52 Å². The first kappa shape index (κ1) is 8.32. The zero-order valence-electron chi connectivity index (χ0n) is 7.31. The molecule has 0 fully saturated rings. The minimum absolute atomic E-state index is 0.0847. The highest BCUT2D eigenvalue weighted by Crippen LogP contribution is 2.32. The lowest BCUT2D eigenvalue weighted by Gasteiger charge is -2.26. The monoisotopic (exact) mass is 176 g/mol. The minimum Gasteiger partial charge on any atom is -0.468 e. The zero-order valence-corrected chi connectivity index (χ0v) is 7.31. The van der Waals surface area contributed by atoms with Crippen LogP contribution in [0.2, 0.25) is 0 Å². The number of allylic oxidation sites excluding steroid dienone is 3. The molecule has 0 spiro atoms. The third-order valence-corrected chi connectivity index (χ3v) is 2.44. The van der Waals surface area contributed by atoms with Crippen molar-refractivity contribution in [3.63, 3.8) is 0 Å². The van der Waals surface area contributed by atoms with Gasteiger partial charge in [-0.05, 0) is 18.6 Å². The molecule has 68 valence electrons. The Bertz CT molecular complexity index is 322. The predicted octanol–water partition coefficient (Wildman–Crippen LogP) is 2.03. The molecule has 1 atom stereocenters. The van der Waals surface area contributed by atoms with Crippen LogP contribution in [0.5, 0.6) is 0 Å². The third-order valence-electron chi connectivity index (χ3n) is 2.44. The molecule has 1 aromatic heterocycles. The molecule has 0 aromatic carbocycles. The van der Waals surface area contributed by atoms with Crippen molar-refractivity contribution in [3.05, 3.63) is 48.5 Å². The molecule has 1 aliphatic rings. The van der Waals surface area contributed by atoms with Gasteiger partial charge in [0.2, 0.25) is 0 Å². The summed E-state index contributed by atoms with van der Waals surface area (Å²) in [6.45, 7) is 0.0847. The highest BCUT2D eigenvalue weighted by Gasteiger charge is 2.31. The fourth-order valence-electron chi connectivity index (χ4n) is 1.60. The molecule has 0 aliphatic heterocycles. The topological polar surface area (TPSA) is 33.4 Å². The van der Waals surface area contributed by atoms with Crippen LogP contribution in [-0.4, -0.2) is 11.7 Å². The van der Waals surface area contributed by atoms with Gasteiger partial charge in [-0.15, -0.1) is 0 Å². The SMILES string of the molecule is OCC1(c2ccco2)C=CC=CC1. The fourth-order valence-corrected chi connectivity index (χ4v) is 1.60. The van der Waals surface area contributed by atoms with Crippen molar-refractivity contribution in [2.75, 3.05) is 6.61 Å². The summed E-state index contributed by atoms with van der Waals surface area (Å²) in [6.07, 6.45) is 10.4. The third kappa shape index (κ3) is 1.33. The summed E-state index contributed by atoms with van der Waals surface area (Å²) in [5, 5.41) is 9.37. The molecule has 1 N–H and O–H groups in total. The summed E-state index contributed by atoms with van der Waals surface area (Å²) < 4.78 is 5.32. The van der Waals surface area contributed by atoms with E-state index in [0.29, 0.717) is 0 Å². The molecule has 0 saturated carbocycles. The summed E-state index contributed by atoms with van der Waals surface area (Å²) in [5.74, 6) is 0.829. The summed E-state index contributed by atoms with van der Waals surface area (Å²) in [4.78, 5) is 0. The Labute approximate surface area is 77.2 Å². The maximum Gasteiger partial charge on any atom is 0.116 e. The maximum absolute atomic E-state index is 9.37. The predicted molar refractivity (Wildman–Crippen MR) is 50.4 cm³/mol. The van der Waals surface area contributed by atoms with Crippen LogP contribution >= 0.6 is 0 Å². The number of rotatable bonds is 2. The van der Waals surface area contributed by atoms with E-state index in [-0.39, 0.29) is 12.0 Å². The van der Waals surface area contributed by atoms with Crippen LogP contribution in [0.3, 0.4) is 0 Å². The average molecular weight is 176 g/mol. The van der Waals surface area contributed by atoms with Crippen LogP contribution in [0, 0.1) is 0 Å². The standard InChI is InChI=1S/C11H12O2/c12-9-11(6-2-1-3-7-11)10-5-4-8-13-10/h1-6,8,12H,7,9H2. The zero-order chi connectivity index (χ0) is 9.15. The van der Waals surface area contributed by atoms with E-state index < -0.39 is 0 Å². The molecule has 1 heterocycles. The van der Waals surface area contributed by atoms with E-state index in [4.69, 9.17) is 4.42 Å². The number of aliphatic hydroxyl groups is 1. The van der Waals surface area contributed by atoms with Gasteiger partial charge in [0.25, 0.3) is 0 Å². The molecule has 1 aliphatic carbocycles. The van der Waals surface area contributed by atoms with Gasteiger partial charge >= 0.3 is 0 Å². The minimum atomic E-state index is -0.335. The van der Waals surface area contributed by atoms with Crippen LogP contribution in [0.25, 0.3) is 0 Å². The number of aliphatic hydroxyl groups excluding tert-OH is 1. The second kappa shape index (κ2) is 3.23. The normalized spacial score (nSPS) is 26.5. The Morgan fingerprint density at radius 3 is 2.92 bits per heavy atom. The van der Waals surface area contributed by atoms with Gasteiger partial charge in [-0.3, -0.25) is 0 Å². The Hall–Kier alpha value is -1.28. The van der Waals surface area contributed by atoms with Gasteiger partial charge in [-0.2, -0.15) is 0 Å².